The van der Waals surface area contributed by atoms with E-state index in [9.17, 15) is 34.2 Å². The molecule has 13 heteroatoms. The average molecular weight is 575 g/mol. The number of benzene rings is 2. The molecule has 220 valence electrons. The zero-order chi connectivity index (χ0) is 30.3. The fourth-order valence-electron chi connectivity index (χ4n) is 4.13. The van der Waals surface area contributed by atoms with E-state index >= 15 is 0 Å². The predicted octanol–water partition coefficient (Wildman–Crippen LogP) is 1.99. The number of hydrogen-bond donors (Lipinski definition) is 2. The van der Waals surface area contributed by atoms with Crippen molar-refractivity contribution in [3.63, 3.8) is 0 Å². The van der Waals surface area contributed by atoms with Crippen LogP contribution in [-0.2, 0) is 49.3 Å². The Labute approximate surface area is 234 Å². The third-order valence-electron chi connectivity index (χ3n) is 5.77. The second-order valence-electron chi connectivity index (χ2n) is 9.13. The average Bonchev–Trinajstić information content (AvgIpc) is 2.87. The maximum atomic E-state index is 12.8. The number of ether oxygens (including phenoxy) is 6. The Hall–Kier alpha value is -4.65. The van der Waals surface area contributed by atoms with Gasteiger partial charge in [-0.25, -0.2) is 0 Å². The molecule has 5 unspecified atom stereocenters. The largest absolute Gasteiger partial charge is 0.508 e. The topological polar surface area (TPSA) is 181 Å². The van der Waals surface area contributed by atoms with Crippen LogP contribution in [0.5, 0.6) is 17.2 Å². The molecule has 0 saturated carbocycles. The number of phenolic OH excluding ortho intramolecular Hbond substituents is 2. The number of carbonyl (C=O) groups excluding carboxylic acids is 5. The van der Waals surface area contributed by atoms with Crippen LogP contribution in [0.4, 0.5) is 0 Å². The van der Waals surface area contributed by atoms with Gasteiger partial charge in [-0.15, -0.1) is 0 Å². The van der Waals surface area contributed by atoms with Gasteiger partial charge in [0.2, 0.25) is 12.4 Å². The zero-order valence-corrected chi connectivity index (χ0v) is 22.7. The lowest BCUT2D eigenvalue weighted by Gasteiger charge is -2.43. The number of phenols is 2. The van der Waals surface area contributed by atoms with Gasteiger partial charge in [-0.2, -0.15) is 0 Å². The molecule has 0 amide bonds. The van der Waals surface area contributed by atoms with E-state index in [1.807, 2.05) is 0 Å². The highest BCUT2D eigenvalue weighted by Gasteiger charge is 2.53. The molecular formula is C28H30O13. The number of esters is 4. The van der Waals surface area contributed by atoms with E-state index < -0.39 is 72.7 Å². The molecule has 1 heterocycles. The summed E-state index contributed by atoms with van der Waals surface area (Å²) in [5.41, 5.74) is 0.608. The number of Topliss-reactive ketones (excluding diaryl/α,β-unsaturated/α-hetero) is 1. The van der Waals surface area contributed by atoms with Crippen molar-refractivity contribution < 1.29 is 62.6 Å². The van der Waals surface area contributed by atoms with Gasteiger partial charge in [0.15, 0.2) is 18.0 Å². The SMILES string of the molecule is CC(=O)OCC1OC(Oc2ccc(C(=O)Cc3ccc(O)cc3)c(O)c2)C(OC(C)=O)C(OC(C)=O)C1OC(C)=O. The number of ketones is 1. The van der Waals surface area contributed by atoms with Gasteiger partial charge in [0.05, 0.1) is 5.56 Å². The van der Waals surface area contributed by atoms with Crippen molar-refractivity contribution in [1.29, 1.82) is 0 Å². The molecule has 41 heavy (non-hydrogen) atoms. The fourth-order valence-corrected chi connectivity index (χ4v) is 4.13. The van der Waals surface area contributed by atoms with Gasteiger partial charge in [-0.3, -0.25) is 24.0 Å². The number of aromatic hydroxyl groups is 2. The van der Waals surface area contributed by atoms with Gasteiger partial charge in [-0.1, -0.05) is 12.1 Å². The van der Waals surface area contributed by atoms with Crippen molar-refractivity contribution in [3.8, 4) is 17.2 Å². The van der Waals surface area contributed by atoms with E-state index in [2.05, 4.69) is 0 Å². The summed E-state index contributed by atoms with van der Waals surface area (Å²) in [6, 6.07) is 9.84. The molecule has 0 spiro atoms. The van der Waals surface area contributed by atoms with Crippen molar-refractivity contribution in [1.82, 2.24) is 0 Å². The summed E-state index contributed by atoms with van der Waals surface area (Å²) in [6.45, 7) is 4.00. The molecule has 0 aromatic heterocycles. The van der Waals surface area contributed by atoms with Crippen LogP contribution >= 0.6 is 0 Å². The highest BCUT2D eigenvalue weighted by molar-refractivity contribution is 6.00. The minimum absolute atomic E-state index is 0.00744. The number of carbonyl (C=O) groups is 5. The number of hydrogen-bond acceptors (Lipinski definition) is 13. The first kappa shape index (κ1) is 30.9. The highest BCUT2D eigenvalue weighted by atomic mass is 16.7. The Bertz CT molecular complexity index is 1290. The third-order valence-corrected chi connectivity index (χ3v) is 5.77. The fraction of sp³-hybridized carbons (Fsp3) is 0.393. The molecular weight excluding hydrogens is 544 g/mol. The Morgan fingerprint density at radius 1 is 0.756 bits per heavy atom. The Kier molecular flexibility index (Phi) is 10.3. The summed E-state index contributed by atoms with van der Waals surface area (Å²) >= 11 is 0. The molecule has 0 bridgehead atoms. The first-order valence-electron chi connectivity index (χ1n) is 12.4. The van der Waals surface area contributed by atoms with Crippen LogP contribution in [0, 0.1) is 0 Å². The van der Waals surface area contributed by atoms with E-state index in [1.54, 1.807) is 12.1 Å². The van der Waals surface area contributed by atoms with Crippen molar-refractivity contribution in [3.05, 3.63) is 53.6 Å². The van der Waals surface area contributed by atoms with Gasteiger partial charge in [0, 0.05) is 40.2 Å². The summed E-state index contributed by atoms with van der Waals surface area (Å²) < 4.78 is 32.8. The molecule has 1 aliphatic heterocycles. The van der Waals surface area contributed by atoms with Crippen LogP contribution in [0.25, 0.3) is 0 Å². The molecule has 5 atom stereocenters. The number of rotatable bonds is 10. The zero-order valence-electron chi connectivity index (χ0n) is 22.7. The smallest absolute Gasteiger partial charge is 0.303 e. The van der Waals surface area contributed by atoms with Gasteiger partial charge < -0.3 is 38.6 Å². The van der Waals surface area contributed by atoms with Crippen LogP contribution in [0.1, 0.15) is 43.6 Å². The Morgan fingerprint density at radius 2 is 1.34 bits per heavy atom. The second kappa shape index (κ2) is 13.6. The van der Waals surface area contributed by atoms with E-state index in [4.69, 9.17) is 28.4 Å². The first-order chi connectivity index (χ1) is 19.3. The lowest BCUT2D eigenvalue weighted by atomic mass is 9.98. The highest BCUT2D eigenvalue weighted by Crippen LogP contribution is 2.33. The monoisotopic (exact) mass is 574 g/mol. The van der Waals surface area contributed by atoms with Crippen molar-refractivity contribution in [2.45, 2.75) is 64.8 Å². The van der Waals surface area contributed by atoms with Crippen LogP contribution in [-0.4, -0.2) is 77.2 Å². The first-order valence-corrected chi connectivity index (χ1v) is 12.4. The van der Waals surface area contributed by atoms with E-state index in [-0.39, 0.29) is 23.5 Å². The van der Waals surface area contributed by atoms with Gasteiger partial charge in [-0.05, 0) is 29.8 Å². The van der Waals surface area contributed by atoms with E-state index in [0.717, 1.165) is 33.8 Å². The molecule has 1 saturated heterocycles. The summed E-state index contributed by atoms with van der Waals surface area (Å²) in [5.74, 6) is -3.85. The van der Waals surface area contributed by atoms with Crippen molar-refractivity contribution in [2.75, 3.05) is 6.61 Å². The summed E-state index contributed by atoms with van der Waals surface area (Å²) in [4.78, 5) is 60.0. The van der Waals surface area contributed by atoms with Crippen LogP contribution in [0.3, 0.4) is 0 Å². The Morgan fingerprint density at radius 3 is 1.90 bits per heavy atom. The van der Waals surface area contributed by atoms with E-state index in [0.29, 0.717) is 5.56 Å². The quantitative estimate of drug-likeness (QED) is 0.239. The Balaban J connectivity index is 1.90. The van der Waals surface area contributed by atoms with Crippen LogP contribution in [0.2, 0.25) is 0 Å². The van der Waals surface area contributed by atoms with E-state index in [1.165, 1.54) is 24.3 Å². The van der Waals surface area contributed by atoms with Crippen LogP contribution < -0.4 is 4.74 Å². The van der Waals surface area contributed by atoms with Crippen LogP contribution in [0.15, 0.2) is 42.5 Å². The molecule has 0 aliphatic carbocycles. The molecule has 3 rings (SSSR count). The maximum Gasteiger partial charge on any atom is 0.303 e. The summed E-state index contributed by atoms with van der Waals surface area (Å²) in [7, 11) is 0. The minimum atomic E-state index is -1.51. The lowest BCUT2D eigenvalue weighted by molar-refractivity contribution is -0.288. The summed E-state index contributed by atoms with van der Waals surface area (Å²) in [5, 5.41) is 20.0. The lowest BCUT2D eigenvalue weighted by Crippen LogP contribution is -2.63. The summed E-state index contributed by atoms with van der Waals surface area (Å²) in [6.07, 6.45) is -7.02. The molecule has 1 aliphatic rings. The van der Waals surface area contributed by atoms with Gasteiger partial charge >= 0.3 is 23.9 Å². The van der Waals surface area contributed by atoms with Gasteiger partial charge in [0.25, 0.3) is 0 Å². The molecule has 2 N–H and O–H groups in total. The molecule has 0 radical (unpaired) electrons. The van der Waals surface area contributed by atoms with Crippen molar-refractivity contribution >= 4 is 29.7 Å². The molecule has 13 nitrogen and oxygen atoms in total. The predicted molar refractivity (Wildman–Crippen MR) is 137 cm³/mol. The molecule has 1 fully saturated rings. The standard InChI is InChI=1S/C28H30O13/c1-14(29)36-13-24-25(37-15(2)30)26(38-16(3)31)27(39-17(4)32)28(41-24)40-20-9-10-21(23(35)12-20)22(34)11-18-5-7-19(33)8-6-18/h5-10,12,24-28,33,35H,11,13H2,1-4H3. The maximum absolute atomic E-state index is 12.8. The minimum Gasteiger partial charge on any atom is -0.508 e. The van der Waals surface area contributed by atoms with Gasteiger partial charge in [0.1, 0.15) is 30.0 Å². The molecule has 2 aromatic rings. The normalized spacial score (nSPS) is 21.7. The molecule has 2 aromatic carbocycles. The second-order valence-corrected chi connectivity index (χ2v) is 9.13. The van der Waals surface area contributed by atoms with Crippen molar-refractivity contribution in [2.24, 2.45) is 0 Å². The third kappa shape index (κ3) is 8.67.